The molecule has 0 atom stereocenters. The number of hydrogen-bond donors (Lipinski definition) is 2. The molecule has 0 unspecified atom stereocenters. The second kappa shape index (κ2) is 6.26. The van der Waals surface area contributed by atoms with Crippen LogP contribution in [0.5, 0.6) is 0 Å². The molecule has 118 valence electrons. The van der Waals surface area contributed by atoms with Crippen LogP contribution in [0.4, 0.5) is 10.7 Å². The fourth-order valence-electron chi connectivity index (χ4n) is 1.99. The lowest BCUT2D eigenvalue weighted by Crippen LogP contribution is -2.28. The van der Waals surface area contributed by atoms with Crippen LogP contribution in [-0.4, -0.2) is 35.6 Å². The Balaban J connectivity index is 1.59. The largest absolute Gasteiger partial charge is 0.334 e. The standard InChI is InChI=1S/C14H16N8O/c1-10-18-13(20-21(10)2)19-14(23)16-7-11-4-3-5-12(6-11)22-9-15-8-17-22/h3-6,8-9H,7H2,1-2H3,(H2,16,19,20,23). The molecule has 9 heteroatoms. The zero-order chi connectivity index (χ0) is 16.2. The molecule has 2 amide bonds. The maximum absolute atomic E-state index is 11.9. The van der Waals surface area contributed by atoms with Gasteiger partial charge in [0.15, 0.2) is 0 Å². The van der Waals surface area contributed by atoms with Crippen molar-refractivity contribution in [3.63, 3.8) is 0 Å². The van der Waals surface area contributed by atoms with Crippen LogP contribution in [0.3, 0.4) is 0 Å². The molecule has 2 heterocycles. The van der Waals surface area contributed by atoms with Crippen molar-refractivity contribution >= 4 is 12.0 Å². The molecule has 0 bridgehead atoms. The number of amides is 2. The van der Waals surface area contributed by atoms with Gasteiger partial charge in [-0.15, -0.1) is 5.10 Å². The molecule has 2 aromatic heterocycles. The Morgan fingerprint density at radius 1 is 1.35 bits per heavy atom. The summed E-state index contributed by atoms with van der Waals surface area (Å²) in [4.78, 5) is 19.9. The number of aryl methyl sites for hydroxylation is 2. The first-order valence-corrected chi connectivity index (χ1v) is 6.98. The lowest BCUT2D eigenvalue weighted by molar-refractivity contribution is 0.251. The smallest absolute Gasteiger partial charge is 0.321 e. The molecule has 3 rings (SSSR count). The van der Waals surface area contributed by atoms with Gasteiger partial charge in [-0.1, -0.05) is 12.1 Å². The molecule has 9 nitrogen and oxygen atoms in total. The van der Waals surface area contributed by atoms with E-state index in [1.807, 2.05) is 31.2 Å². The zero-order valence-corrected chi connectivity index (χ0v) is 12.8. The molecule has 0 aliphatic rings. The minimum Gasteiger partial charge on any atom is -0.334 e. The molecule has 0 saturated carbocycles. The first-order valence-electron chi connectivity index (χ1n) is 6.98. The van der Waals surface area contributed by atoms with E-state index in [-0.39, 0.29) is 12.0 Å². The molecule has 0 saturated heterocycles. The average Bonchev–Trinajstić information content (AvgIpc) is 3.16. The van der Waals surface area contributed by atoms with Gasteiger partial charge in [0.2, 0.25) is 5.95 Å². The number of urea groups is 1. The summed E-state index contributed by atoms with van der Waals surface area (Å²) in [6.07, 6.45) is 3.09. The fourth-order valence-corrected chi connectivity index (χ4v) is 1.99. The van der Waals surface area contributed by atoms with Crippen molar-refractivity contribution in [3.05, 3.63) is 48.3 Å². The molecule has 0 radical (unpaired) electrons. The summed E-state index contributed by atoms with van der Waals surface area (Å²) in [6.45, 7) is 2.19. The summed E-state index contributed by atoms with van der Waals surface area (Å²) in [7, 11) is 1.76. The Morgan fingerprint density at radius 2 is 2.22 bits per heavy atom. The molecule has 0 aliphatic carbocycles. The fraction of sp³-hybridized carbons (Fsp3) is 0.214. The summed E-state index contributed by atoms with van der Waals surface area (Å²) in [5.74, 6) is 1.000. The molecule has 3 aromatic rings. The Bertz CT molecular complexity index is 789. The predicted molar refractivity (Wildman–Crippen MR) is 83.0 cm³/mol. The van der Waals surface area contributed by atoms with Gasteiger partial charge < -0.3 is 5.32 Å². The van der Waals surface area contributed by atoms with Crippen LogP contribution < -0.4 is 10.6 Å². The number of nitrogens with one attached hydrogen (secondary N) is 2. The van der Waals surface area contributed by atoms with Crippen molar-refractivity contribution in [1.29, 1.82) is 0 Å². The number of carbonyl (C=O) groups is 1. The lowest BCUT2D eigenvalue weighted by atomic mass is 10.2. The third-order valence-electron chi connectivity index (χ3n) is 3.25. The normalized spacial score (nSPS) is 10.5. The second-order valence-corrected chi connectivity index (χ2v) is 4.92. The van der Waals surface area contributed by atoms with Crippen LogP contribution in [0, 0.1) is 6.92 Å². The second-order valence-electron chi connectivity index (χ2n) is 4.92. The lowest BCUT2D eigenvalue weighted by Gasteiger charge is -2.07. The Kier molecular flexibility index (Phi) is 4.00. The minimum atomic E-state index is -0.359. The van der Waals surface area contributed by atoms with E-state index in [2.05, 4.69) is 30.8 Å². The highest BCUT2D eigenvalue weighted by Crippen LogP contribution is 2.09. The van der Waals surface area contributed by atoms with E-state index in [1.165, 1.54) is 6.33 Å². The number of rotatable bonds is 4. The van der Waals surface area contributed by atoms with Crippen LogP contribution in [0.2, 0.25) is 0 Å². The minimum absolute atomic E-state index is 0.277. The maximum Gasteiger partial charge on any atom is 0.321 e. The van der Waals surface area contributed by atoms with Gasteiger partial charge in [-0.3, -0.25) is 10.00 Å². The quantitative estimate of drug-likeness (QED) is 0.749. The van der Waals surface area contributed by atoms with E-state index in [0.717, 1.165) is 17.1 Å². The van der Waals surface area contributed by atoms with Gasteiger partial charge in [0, 0.05) is 13.6 Å². The molecule has 23 heavy (non-hydrogen) atoms. The Hall–Kier alpha value is -3.23. The van der Waals surface area contributed by atoms with Crippen LogP contribution in [0.25, 0.3) is 5.69 Å². The predicted octanol–water partition coefficient (Wildman–Crippen LogP) is 1.03. The van der Waals surface area contributed by atoms with Gasteiger partial charge in [-0.25, -0.2) is 14.5 Å². The summed E-state index contributed by atoms with van der Waals surface area (Å²) in [5.41, 5.74) is 1.82. The van der Waals surface area contributed by atoms with E-state index in [1.54, 1.807) is 22.7 Å². The van der Waals surface area contributed by atoms with E-state index in [9.17, 15) is 4.79 Å². The van der Waals surface area contributed by atoms with E-state index in [4.69, 9.17) is 0 Å². The van der Waals surface area contributed by atoms with Crippen molar-refractivity contribution in [1.82, 2.24) is 34.8 Å². The van der Waals surface area contributed by atoms with E-state index < -0.39 is 0 Å². The first-order chi connectivity index (χ1) is 11.1. The Labute approximate surface area is 132 Å². The Morgan fingerprint density at radius 3 is 2.91 bits per heavy atom. The third-order valence-corrected chi connectivity index (χ3v) is 3.25. The van der Waals surface area contributed by atoms with Gasteiger partial charge >= 0.3 is 6.03 Å². The van der Waals surface area contributed by atoms with Gasteiger partial charge in [0.1, 0.15) is 18.5 Å². The number of benzene rings is 1. The van der Waals surface area contributed by atoms with Crippen molar-refractivity contribution in [2.75, 3.05) is 5.32 Å². The summed E-state index contributed by atoms with van der Waals surface area (Å²) >= 11 is 0. The number of carbonyl (C=O) groups excluding carboxylic acids is 1. The van der Waals surface area contributed by atoms with Gasteiger partial charge in [0.25, 0.3) is 0 Å². The van der Waals surface area contributed by atoms with E-state index in [0.29, 0.717) is 6.54 Å². The van der Waals surface area contributed by atoms with Crippen LogP contribution in [0.15, 0.2) is 36.9 Å². The molecular weight excluding hydrogens is 296 g/mol. The average molecular weight is 312 g/mol. The molecule has 2 N–H and O–H groups in total. The molecule has 0 aliphatic heterocycles. The monoisotopic (exact) mass is 312 g/mol. The number of anilines is 1. The number of nitrogens with zero attached hydrogens (tertiary/aromatic N) is 6. The molecule has 1 aromatic carbocycles. The molecule has 0 spiro atoms. The highest BCUT2D eigenvalue weighted by atomic mass is 16.2. The highest BCUT2D eigenvalue weighted by molar-refractivity contribution is 5.87. The summed E-state index contributed by atoms with van der Waals surface area (Å²) < 4.78 is 3.25. The van der Waals surface area contributed by atoms with Crippen molar-refractivity contribution < 1.29 is 4.79 Å². The van der Waals surface area contributed by atoms with Crippen LogP contribution in [0.1, 0.15) is 11.4 Å². The summed E-state index contributed by atoms with van der Waals surface area (Å²) in [5, 5.41) is 13.5. The van der Waals surface area contributed by atoms with Crippen LogP contribution >= 0.6 is 0 Å². The topological polar surface area (TPSA) is 103 Å². The number of aromatic nitrogens is 6. The van der Waals surface area contributed by atoms with Gasteiger partial charge in [0.05, 0.1) is 5.69 Å². The zero-order valence-electron chi connectivity index (χ0n) is 12.8. The van der Waals surface area contributed by atoms with Crippen molar-refractivity contribution in [2.45, 2.75) is 13.5 Å². The van der Waals surface area contributed by atoms with Gasteiger partial charge in [-0.2, -0.15) is 10.1 Å². The SMILES string of the molecule is Cc1nc(NC(=O)NCc2cccc(-n3cncn3)c2)nn1C. The van der Waals surface area contributed by atoms with Crippen molar-refractivity contribution in [3.8, 4) is 5.69 Å². The van der Waals surface area contributed by atoms with E-state index >= 15 is 0 Å². The van der Waals surface area contributed by atoms with Crippen LogP contribution in [-0.2, 0) is 13.6 Å². The number of hydrogen-bond acceptors (Lipinski definition) is 5. The first kappa shape index (κ1) is 14.7. The van der Waals surface area contributed by atoms with Gasteiger partial charge in [-0.05, 0) is 24.6 Å². The molecular formula is C14H16N8O. The van der Waals surface area contributed by atoms with Crippen molar-refractivity contribution in [2.24, 2.45) is 7.05 Å². The maximum atomic E-state index is 11.9. The highest BCUT2D eigenvalue weighted by Gasteiger charge is 2.07. The molecule has 0 fully saturated rings. The third kappa shape index (κ3) is 3.51. The summed E-state index contributed by atoms with van der Waals surface area (Å²) in [6, 6.07) is 7.30.